The number of sulfonamides is 1. The van der Waals surface area contributed by atoms with Crippen LogP contribution in [0.25, 0.3) is 17.0 Å². The number of nitrogens with zero attached hydrogens (tertiary/aromatic N) is 3. The van der Waals surface area contributed by atoms with E-state index in [-0.39, 0.29) is 56.7 Å². The van der Waals surface area contributed by atoms with Crippen LogP contribution in [0.2, 0.25) is 0 Å². The summed E-state index contributed by atoms with van der Waals surface area (Å²) in [5.74, 6) is -1.97. The third kappa shape index (κ3) is 6.13. The minimum atomic E-state index is -4.20. The van der Waals surface area contributed by atoms with Crippen LogP contribution < -0.4 is 5.32 Å². The van der Waals surface area contributed by atoms with Gasteiger partial charge >= 0.3 is 6.18 Å². The van der Waals surface area contributed by atoms with Gasteiger partial charge in [-0.3, -0.25) is 9.79 Å². The van der Waals surface area contributed by atoms with Gasteiger partial charge in [0, 0.05) is 41.5 Å². The van der Waals surface area contributed by atoms with Crippen molar-refractivity contribution in [1.82, 2.24) is 14.2 Å². The van der Waals surface area contributed by atoms with Crippen molar-refractivity contribution in [2.24, 2.45) is 16.8 Å². The zero-order chi connectivity index (χ0) is 30.6. The van der Waals surface area contributed by atoms with Gasteiger partial charge in [-0.2, -0.15) is 17.5 Å². The summed E-state index contributed by atoms with van der Waals surface area (Å²) in [7, 11) is -3.77. The number of alkyl halides is 3. The van der Waals surface area contributed by atoms with E-state index in [2.05, 4.69) is 14.9 Å². The number of aliphatic imine (C=N–C) groups is 1. The minimum absolute atomic E-state index is 0.0229. The highest BCUT2D eigenvalue weighted by atomic mass is 32.2. The number of rotatable bonds is 6. The predicted molar refractivity (Wildman–Crippen MR) is 155 cm³/mol. The van der Waals surface area contributed by atoms with Gasteiger partial charge in [-0.15, -0.1) is 0 Å². The quantitative estimate of drug-likeness (QED) is 0.498. The summed E-state index contributed by atoms with van der Waals surface area (Å²) in [6.45, 7) is 5.12. The number of fused-ring (bicyclic) bond motifs is 1. The first-order valence-electron chi connectivity index (χ1n) is 14.8. The molecule has 2 aromatic rings. The van der Waals surface area contributed by atoms with E-state index in [0.717, 1.165) is 16.5 Å². The second-order valence-corrected chi connectivity index (χ2v) is 14.3. The van der Waals surface area contributed by atoms with Crippen molar-refractivity contribution < 1.29 is 35.9 Å². The van der Waals surface area contributed by atoms with E-state index >= 15 is 0 Å². The maximum absolute atomic E-state index is 13.3. The SMILES string of the molecule is CC1(C)OC[C@H](Cn2ccc3c(C=CS(=O)(=O)N4CCC5(CC4)N=C(C4CCC(C(F)(F)F)CC4)NC5=O)cccc32)O1. The highest BCUT2D eigenvalue weighted by molar-refractivity contribution is 7.92. The van der Waals surface area contributed by atoms with Crippen LogP contribution in [0.3, 0.4) is 0 Å². The second kappa shape index (κ2) is 11.0. The summed E-state index contributed by atoms with van der Waals surface area (Å²) in [6, 6.07) is 7.69. The van der Waals surface area contributed by atoms with Gasteiger partial charge in [-0.05, 0) is 76.1 Å². The number of amides is 1. The number of carbonyl (C=O) groups excluding carboxylic acids is 1. The van der Waals surface area contributed by atoms with Gasteiger partial charge in [0.05, 0.1) is 19.1 Å². The van der Waals surface area contributed by atoms with Crippen LogP contribution in [0.15, 0.2) is 40.9 Å². The fourth-order valence-electron chi connectivity index (χ4n) is 6.75. The molecule has 234 valence electrons. The third-order valence-corrected chi connectivity index (χ3v) is 10.8. The summed E-state index contributed by atoms with van der Waals surface area (Å²) in [6.07, 6.45) is 0.395. The topological polar surface area (TPSA) is 102 Å². The molecule has 9 nitrogen and oxygen atoms in total. The molecule has 43 heavy (non-hydrogen) atoms. The van der Waals surface area contributed by atoms with E-state index in [9.17, 15) is 26.4 Å². The fourth-order valence-corrected chi connectivity index (χ4v) is 7.93. The Balaban J connectivity index is 1.10. The number of carbonyl (C=O) groups is 1. The van der Waals surface area contributed by atoms with E-state index in [1.54, 1.807) is 6.08 Å². The normalized spacial score (nSPS) is 28.2. The smallest absolute Gasteiger partial charge is 0.348 e. The molecule has 0 unspecified atom stereocenters. The predicted octanol–water partition coefficient (Wildman–Crippen LogP) is 4.82. The number of amidine groups is 1. The molecule has 1 amide bonds. The van der Waals surface area contributed by atoms with Crippen molar-refractivity contribution in [3.05, 3.63) is 41.4 Å². The molecule has 1 aromatic carbocycles. The minimum Gasteiger partial charge on any atom is -0.348 e. The molecule has 2 saturated heterocycles. The Hall–Kier alpha value is -2.74. The van der Waals surface area contributed by atoms with Gasteiger partial charge in [0.25, 0.3) is 5.91 Å². The fraction of sp³-hybridized carbons (Fsp3) is 0.600. The zero-order valence-corrected chi connectivity index (χ0v) is 25.1. The van der Waals surface area contributed by atoms with Crippen molar-refractivity contribution in [3.8, 4) is 0 Å². The monoisotopic (exact) mass is 622 g/mol. The maximum Gasteiger partial charge on any atom is 0.391 e. The van der Waals surface area contributed by atoms with E-state index in [1.165, 1.54) is 9.71 Å². The Morgan fingerprint density at radius 2 is 1.84 bits per heavy atom. The zero-order valence-electron chi connectivity index (χ0n) is 24.3. The number of benzene rings is 1. The first-order chi connectivity index (χ1) is 20.2. The van der Waals surface area contributed by atoms with Gasteiger partial charge in [-0.25, -0.2) is 8.42 Å². The molecule has 4 aliphatic rings. The molecule has 0 radical (unpaired) electrons. The molecule has 1 atom stereocenters. The Morgan fingerprint density at radius 3 is 2.49 bits per heavy atom. The lowest BCUT2D eigenvalue weighted by molar-refractivity contribution is -0.182. The lowest BCUT2D eigenvalue weighted by atomic mass is 9.81. The molecule has 1 aliphatic carbocycles. The number of hydrogen-bond acceptors (Lipinski definition) is 6. The lowest BCUT2D eigenvalue weighted by Gasteiger charge is -2.34. The molecule has 3 fully saturated rings. The largest absolute Gasteiger partial charge is 0.391 e. The number of ether oxygens (including phenoxy) is 2. The summed E-state index contributed by atoms with van der Waals surface area (Å²) in [4.78, 5) is 17.6. The highest BCUT2D eigenvalue weighted by Crippen LogP contribution is 2.41. The third-order valence-electron chi connectivity index (χ3n) is 9.22. The van der Waals surface area contributed by atoms with Gasteiger partial charge in [-0.1, -0.05) is 12.1 Å². The van der Waals surface area contributed by atoms with Crippen molar-refractivity contribution in [3.63, 3.8) is 0 Å². The summed E-state index contributed by atoms with van der Waals surface area (Å²) < 4.78 is 80.8. The first kappa shape index (κ1) is 30.3. The maximum atomic E-state index is 13.3. The Labute approximate surface area is 249 Å². The van der Waals surface area contributed by atoms with E-state index in [1.807, 2.05) is 44.3 Å². The highest BCUT2D eigenvalue weighted by Gasteiger charge is 2.49. The molecule has 1 saturated carbocycles. The van der Waals surface area contributed by atoms with Gasteiger partial charge in [0.2, 0.25) is 10.0 Å². The number of hydrogen-bond donors (Lipinski definition) is 1. The average molecular weight is 623 g/mol. The van der Waals surface area contributed by atoms with Crippen LogP contribution in [-0.2, 0) is 30.8 Å². The Kier molecular flexibility index (Phi) is 7.75. The van der Waals surface area contributed by atoms with Gasteiger partial charge in [0.15, 0.2) is 5.79 Å². The number of aromatic nitrogens is 1. The summed E-state index contributed by atoms with van der Waals surface area (Å²) >= 11 is 0. The van der Waals surface area contributed by atoms with Crippen LogP contribution in [0.1, 0.15) is 57.9 Å². The molecule has 6 rings (SSSR count). The Morgan fingerprint density at radius 1 is 1.12 bits per heavy atom. The lowest BCUT2D eigenvalue weighted by Crippen LogP contribution is -2.50. The van der Waals surface area contributed by atoms with Crippen LogP contribution >= 0.6 is 0 Å². The molecular formula is C30H37F3N4O5S. The molecular weight excluding hydrogens is 585 g/mol. The van der Waals surface area contributed by atoms with E-state index in [4.69, 9.17) is 9.47 Å². The first-order valence-corrected chi connectivity index (χ1v) is 16.3. The average Bonchev–Trinajstić information content (AvgIpc) is 3.62. The molecule has 3 aliphatic heterocycles. The van der Waals surface area contributed by atoms with Crippen LogP contribution in [0.4, 0.5) is 13.2 Å². The number of nitrogens with one attached hydrogen (secondary N) is 1. The molecule has 1 aromatic heterocycles. The van der Waals surface area contributed by atoms with E-state index in [0.29, 0.717) is 31.8 Å². The van der Waals surface area contributed by atoms with Crippen molar-refractivity contribution in [1.29, 1.82) is 0 Å². The van der Waals surface area contributed by atoms with Crippen molar-refractivity contribution in [2.45, 2.75) is 82.5 Å². The summed E-state index contributed by atoms with van der Waals surface area (Å²) in [5, 5.41) is 4.93. The van der Waals surface area contributed by atoms with Crippen molar-refractivity contribution >= 4 is 38.7 Å². The molecule has 4 heterocycles. The number of halogens is 3. The van der Waals surface area contributed by atoms with Gasteiger partial charge in [0.1, 0.15) is 17.5 Å². The molecule has 1 N–H and O–H groups in total. The second-order valence-electron chi connectivity index (χ2n) is 12.5. The molecule has 0 bridgehead atoms. The Bertz CT molecular complexity index is 1550. The van der Waals surface area contributed by atoms with Crippen LogP contribution in [0, 0.1) is 11.8 Å². The molecule has 13 heteroatoms. The van der Waals surface area contributed by atoms with E-state index < -0.39 is 33.4 Å². The number of piperidine rings is 1. The van der Waals surface area contributed by atoms with Crippen LogP contribution in [0.5, 0.6) is 0 Å². The molecule has 1 spiro atoms. The van der Waals surface area contributed by atoms with Crippen molar-refractivity contribution in [2.75, 3.05) is 19.7 Å². The van der Waals surface area contributed by atoms with Gasteiger partial charge < -0.3 is 19.4 Å². The standard InChI is InChI=1S/C30H37F3N4O5S/c1-28(2)41-19-23(42-28)18-36-14-10-24-20(4-3-5-25(24)36)11-17-43(39,40)37-15-12-29(13-16-37)27(38)34-26(35-29)21-6-8-22(9-7-21)30(31,32)33/h3-5,10-11,14,17,21-23H,6-9,12-13,15-16,18-19H2,1-2H3,(H,34,35,38)/t21?,22?,23-/m0/s1. The summed E-state index contributed by atoms with van der Waals surface area (Å²) in [5.41, 5.74) is 0.659. The van der Waals surface area contributed by atoms with Crippen LogP contribution in [-0.4, -0.2) is 72.3 Å².